The summed E-state index contributed by atoms with van der Waals surface area (Å²) in [5, 5.41) is 11.9. The fourth-order valence-electron chi connectivity index (χ4n) is 2.68. The van der Waals surface area contributed by atoms with Crippen molar-refractivity contribution < 1.29 is 4.79 Å². The summed E-state index contributed by atoms with van der Waals surface area (Å²) in [6.07, 6.45) is 1.99. The highest BCUT2D eigenvalue weighted by Crippen LogP contribution is 2.18. The van der Waals surface area contributed by atoms with Crippen LogP contribution in [-0.4, -0.2) is 38.1 Å². The molecule has 0 fully saturated rings. The Labute approximate surface area is 151 Å². The van der Waals surface area contributed by atoms with Crippen LogP contribution in [0.15, 0.2) is 60.9 Å². The predicted molar refractivity (Wildman–Crippen MR) is 94.9 cm³/mol. The van der Waals surface area contributed by atoms with E-state index < -0.39 is 6.04 Å². The molecule has 1 unspecified atom stereocenters. The first-order valence-corrected chi connectivity index (χ1v) is 8.27. The molecule has 6 nitrogen and oxygen atoms in total. The molecule has 0 saturated carbocycles. The van der Waals surface area contributed by atoms with Gasteiger partial charge in [-0.2, -0.15) is 0 Å². The number of hydrogen-bond donors (Lipinski definition) is 0. The Balaban J connectivity index is 1.79. The second-order valence-electron chi connectivity index (χ2n) is 5.82. The largest absolute Gasteiger partial charge is 0.340 e. The number of carbonyl (C=O) groups excluding carboxylic acids is 1. The Morgan fingerprint density at radius 1 is 1.16 bits per heavy atom. The molecule has 0 radical (unpaired) electrons. The molecule has 1 heterocycles. The van der Waals surface area contributed by atoms with Crippen LogP contribution in [0.5, 0.6) is 0 Å². The monoisotopic (exact) mass is 355 g/mol. The maximum atomic E-state index is 13.0. The molecular weight excluding hydrogens is 338 g/mol. The first-order chi connectivity index (χ1) is 12.1. The van der Waals surface area contributed by atoms with Gasteiger partial charge >= 0.3 is 0 Å². The molecule has 0 aliphatic heterocycles. The van der Waals surface area contributed by atoms with Gasteiger partial charge in [-0.15, -0.1) is 5.10 Å². The number of tetrazole rings is 1. The van der Waals surface area contributed by atoms with Gasteiger partial charge in [0.05, 0.1) is 0 Å². The molecule has 25 heavy (non-hydrogen) atoms. The summed E-state index contributed by atoms with van der Waals surface area (Å²) in [7, 11) is 1.77. The minimum absolute atomic E-state index is 0.0591. The predicted octanol–water partition coefficient (Wildman–Crippen LogP) is 2.77. The van der Waals surface area contributed by atoms with E-state index in [9.17, 15) is 4.79 Å². The third kappa shape index (κ3) is 4.42. The van der Waals surface area contributed by atoms with Crippen LogP contribution in [0.1, 0.15) is 17.2 Å². The van der Waals surface area contributed by atoms with Gasteiger partial charge in [-0.05, 0) is 33.7 Å². The van der Waals surface area contributed by atoms with Crippen molar-refractivity contribution in [2.45, 2.75) is 19.0 Å². The quantitative estimate of drug-likeness (QED) is 0.682. The molecular formula is C18H18ClN5O. The zero-order valence-electron chi connectivity index (χ0n) is 13.8. The van der Waals surface area contributed by atoms with Crippen molar-refractivity contribution in [1.29, 1.82) is 0 Å². The van der Waals surface area contributed by atoms with Gasteiger partial charge in [0.2, 0.25) is 5.91 Å². The molecule has 0 aliphatic rings. The number of rotatable bonds is 6. The van der Waals surface area contributed by atoms with E-state index in [0.717, 1.165) is 11.1 Å². The molecule has 7 heteroatoms. The number of amides is 1. The minimum Gasteiger partial charge on any atom is -0.340 e. The van der Waals surface area contributed by atoms with Crippen LogP contribution in [0.25, 0.3) is 0 Å². The molecule has 0 saturated heterocycles. The van der Waals surface area contributed by atoms with Crippen LogP contribution in [0, 0.1) is 0 Å². The van der Waals surface area contributed by atoms with Crippen molar-refractivity contribution in [3.8, 4) is 0 Å². The van der Waals surface area contributed by atoms with E-state index in [4.69, 9.17) is 11.6 Å². The summed E-state index contributed by atoms with van der Waals surface area (Å²) in [4.78, 5) is 14.7. The molecule has 128 valence electrons. The number of halogens is 1. The third-order valence-corrected chi connectivity index (χ3v) is 4.16. The molecule has 1 atom stereocenters. The standard InChI is InChI=1S/C18H18ClN5O/c1-23(12-15-8-5-9-16(19)10-15)18(25)17(24-13-20-21-22-24)11-14-6-3-2-4-7-14/h2-10,13,17H,11-12H2,1H3. The molecule has 2 aromatic carbocycles. The lowest BCUT2D eigenvalue weighted by atomic mass is 10.0. The van der Waals surface area contributed by atoms with Gasteiger partial charge in [-0.3, -0.25) is 4.79 Å². The van der Waals surface area contributed by atoms with Gasteiger partial charge in [0.25, 0.3) is 0 Å². The van der Waals surface area contributed by atoms with E-state index in [1.807, 2.05) is 54.6 Å². The van der Waals surface area contributed by atoms with E-state index in [-0.39, 0.29) is 5.91 Å². The van der Waals surface area contributed by atoms with Crippen LogP contribution in [-0.2, 0) is 17.8 Å². The Hall–Kier alpha value is -2.73. The molecule has 0 N–H and O–H groups in total. The zero-order valence-corrected chi connectivity index (χ0v) is 14.5. The minimum atomic E-state index is -0.499. The number of hydrogen-bond acceptors (Lipinski definition) is 4. The average molecular weight is 356 g/mol. The molecule has 0 bridgehead atoms. The van der Waals surface area contributed by atoms with Gasteiger partial charge in [0.15, 0.2) is 0 Å². The Bertz CT molecular complexity index is 823. The van der Waals surface area contributed by atoms with Crippen LogP contribution < -0.4 is 0 Å². The maximum absolute atomic E-state index is 13.0. The number of likely N-dealkylation sites (N-methyl/N-ethyl adjacent to an activating group) is 1. The van der Waals surface area contributed by atoms with Crippen molar-refractivity contribution in [1.82, 2.24) is 25.1 Å². The lowest BCUT2D eigenvalue weighted by molar-refractivity contribution is -0.134. The maximum Gasteiger partial charge on any atom is 0.247 e. The molecule has 0 spiro atoms. The van der Waals surface area contributed by atoms with E-state index in [1.165, 1.54) is 11.0 Å². The van der Waals surface area contributed by atoms with Crippen molar-refractivity contribution in [3.05, 3.63) is 77.1 Å². The number of benzene rings is 2. The summed E-state index contributed by atoms with van der Waals surface area (Å²) < 4.78 is 1.50. The van der Waals surface area contributed by atoms with Crippen LogP contribution in [0.2, 0.25) is 5.02 Å². The fourth-order valence-corrected chi connectivity index (χ4v) is 2.90. The normalized spacial score (nSPS) is 11.9. The molecule has 1 amide bonds. The van der Waals surface area contributed by atoms with E-state index in [0.29, 0.717) is 18.0 Å². The SMILES string of the molecule is CN(Cc1cccc(Cl)c1)C(=O)C(Cc1ccccc1)n1cnnn1. The molecule has 3 aromatic rings. The lowest BCUT2D eigenvalue weighted by Gasteiger charge is -2.23. The third-order valence-electron chi connectivity index (χ3n) is 3.93. The number of carbonyl (C=O) groups is 1. The number of nitrogens with zero attached hydrogens (tertiary/aromatic N) is 5. The van der Waals surface area contributed by atoms with Crippen LogP contribution in [0.3, 0.4) is 0 Å². The highest BCUT2D eigenvalue weighted by atomic mass is 35.5. The van der Waals surface area contributed by atoms with E-state index in [2.05, 4.69) is 15.5 Å². The summed E-state index contributed by atoms with van der Waals surface area (Å²) in [5.41, 5.74) is 2.02. The topological polar surface area (TPSA) is 63.9 Å². The second kappa shape index (κ2) is 7.90. The summed E-state index contributed by atoms with van der Waals surface area (Å²) >= 11 is 6.02. The van der Waals surface area contributed by atoms with E-state index in [1.54, 1.807) is 11.9 Å². The van der Waals surface area contributed by atoms with Gasteiger partial charge in [-0.1, -0.05) is 54.1 Å². The Kier molecular flexibility index (Phi) is 5.40. The summed E-state index contributed by atoms with van der Waals surface area (Å²) in [6.45, 7) is 0.465. The molecule has 0 aliphatic carbocycles. The van der Waals surface area contributed by atoms with Crippen molar-refractivity contribution in [3.63, 3.8) is 0 Å². The molecule has 3 rings (SSSR count). The zero-order chi connectivity index (χ0) is 17.6. The average Bonchev–Trinajstić information content (AvgIpc) is 3.14. The summed E-state index contributed by atoms with van der Waals surface area (Å²) in [6, 6.07) is 16.8. The number of aromatic nitrogens is 4. The highest BCUT2D eigenvalue weighted by Gasteiger charge is 2.25. The van der Waals surface area contributed by atoms with E-state index >= 15 is 0 Å². The Morgan fingerprint density at radius 3 is 2.60 bits per heavy atom. The fraction of sp³-hybridized carbons (Fsp3) is 0.222. The van der Waals surface area contributed by atoms with Crippen LogP contribution in [0.4, 0.5) is 0 Å². The van der Waals surface area contributed by atoms with Crippen molar-refractivity contribution >= 4 is 17.5 Å². The molecule has 1 aromatic heterocycles. The van der Waals surface area contributed by atoms with Gasteiger partial charge in [-0.25, -0.2) is 4.68 Å². The van der Waals surface area contributed by atoms with Gasteiger partial charge in [0.1, 0.15) is 12.4 Å². The second-order valence-corrected chi connectivity index (χ2v) is 6.26. The smallest absolute Gasteiger partial charge is 0.247 e. The van der Waals surface area contributed by atoms with Crippen molar-refractivity contribution in [2.24, 2.45) is 0 Å². The highest BCUT2D eigenvalue weighted by molar-refractivity contribution is 6.30. The summed E-state index contributed by atoms with van der Waals surface area (Å²) in [5.74, 6) is -0.0591. The first kappa shape index (κ1) is 17.1. The first-order valence-electron chi connectivity index (χ1n) is 7.89. The van der Waals surface area contributed by atoms with Gasteiger partial charge in [0, 0.05) is 25.0 Å². The van der Waals surface area contributed by atoms with Crippen LogP contribution >= 0.6 is 11.6 Å². The Morgan fingerprint density at radius 2 is 1.92 bits per heavy atom. The lowest BCUT2D eigenvalue weighted by Crippen LogP contribution is -2.35. The van der Waals surface area contributed by atoms with Crippen molar-refractivity contribution in [2.75, 3.05) is 7.05 Å². The van der Waals surface area contributed by atoms with Gasteiger partial charge < -0.3 is 4.90 Å².